The number of likely N-dealkylation sites (tertiary alicyclic amines) is 1. The van der Waals surface area contributed by atoms with E-state index >= 15 is 0 Å². The highest BCUT2D eigenvalue weighted by molar-refractivity contribution is 5.91. The summed E-state index contributed by atoms with van der Waals surface area (Å²) in [5, 5.41) is 4.13. The third-order valence-electron chi connectivity index (χ3n) is 5.75. The van der Waals surface area contributed by atoms with Crippen molar-refractivity contribution in [2.45, 2.75) is 38.2 Å². The van der Waals surface area contributed by atoms with Crippen LogP contribution in [0, 0.1) is 0 Å². The molecule has 1 aliphatic heterocycles. The van der Waals surface area contributed by atoms with Crippen LogP contribution >= 0.6 is 0 Å². The van der Waals surface area contributed by atoms with E-state index in [-0.39, 0.29) is 12.0 Å². The number of carbonyl (C=O) groups is 1. The highest BCUT2D eigenvalue weighted by atomic mass is 16.5. The summed E-state index contributed by atoms with van der Waals surface area (Å²) in [7, 11) is 1.64. The van der Waals surface area contributed by atoms with Crippen LogP contribution in [0.1, 0.15) is 47.5 Å². The molecule has 0 radical (unpaired) electrons. The van der Waals surface area contributed by atoms with Crippen LogP contribution in [0.25, 0.3) is 0 Å². The zero-order valence-electron chi connectivity index (χ0n) is 18.0. The first-order chi connectivity index (χ1) is 15.1. The lowest BCUT2D eigenvalue weighted by Gasteiger charge is -2.31. The van der Waals surface area contributed by atoms with Crippen LogP contribution < -0.4 is 9.47 Å². The topological polar surface area (TPSA) is 64.8 Å². The van der Waals surface area contributed by atoms with E-state index in [9.17, 15) is 4.79 Å². The molecular formula is C25H28N2O4. The van der Waals surface area contributed by atoms with Crippen LogP contribution in [-0.4, -0.2) is 42.3 Å². The average molecular weight is 421 g/mol. The van der Waals surface area contributed by atoms with Gasteiger partial charge in [-0.1, -0.05) is 42.4 Å². The molecular weight excluding hydrogens is 392 g/mol. The minimum absolute atomic E-state index is 0.0921. The summed E-state index contributed by atoms with van der Waals surface area (Å²) in [5.74, 6) is 2.13. The number of ether oxygens (including phenoxy) is 2. The van der Waals surface area contributed by atoms with Gasteiger partial charge in [0.15, 0.2) is 0 Å². The van der Waals surface area contributed by atoms with E-state index in [1.165, 1.54) is 5.56 Å². The van der Waals surface area contributed by atoms with E-state index in [1.54, 1.807) is 13.2 Å². The number of aromatic nitrogens is 1. The molecule has 1 aromatic heterocycles. The van der Waals surface area contributed by atoms with E-state index in [0.29, 0.717) is 24.8 Å². The Morgan fingerprint density at radius 2 is 1.77 bits per heavy atom. The molecule has 6 heteroatoms. The van der Waals surface area contributed by atoms with E-state index < -0.39 is 0 Å². The second-order valence-corrected chi connectivity index (χ2v) is 7.98. The number of benzene rings is 2. The summed E-state index contributed by atoms with van der Waals surface area (Å²) < 4.78 is 16.6. The van der Waals surface area contributed by atoms with Gasteiger partial charge in [-0.2, -0.15) is 0 Å². The van der Waals surface area contributed by atoms with E-state index in [0.717, 1.165) is 36.5 Å². The van der Waals surface area contributed by atoms with Crippen molar-refractivity contribution in [1.29, 1.82) is 0 Å². The molecule has 2 heterocycles. The molecule has 0 aliphatic carbocycles. The minimum Gasteiger partial charge on any atom is -0.497 e. The quantitative estimate of drug-likeness (QED) is 0.554. The van der Waals surface area contributed by atoms with Crippen molar-refractivity contribution in [3.05, 3.63) is 77.7 Å². The molecule has 0 saturated carbocycles. The molecule has 31 heavy (non-hydrogen) atoms. The lowest BCUT2D eigenvalue weighted by atomic mass is 9.96. The number of hydrogen-bond acceptors (Lipinski definition) is 5. The lowest BCUT2D eigenvalue weighted by molar-refractivity contribution is 0.0558. The Morgan fingerprint density at radius 3 is 2.45 bits per heavy atom. The first-order valence-corrected chi connectivity index (χ1v) is 10.7. The van der Waals surface area contributed by atoms with Gasteiger partial charge in [-0.05, 0) is 42.2 Å². The maximum Gasteiger partial charge on any atom is 0.292 e. The number of nitrogens with zero attached hydrogens (tertiary/aromatic N) is 2. The van der Waals surface area contributed by atoms with Gasteiger partial charge in [0, 0.05) is 32.0 Å². The van der Waals surface area contributed by atoms with Crippen molar-refractivity contribution in [3.8, 4) is 11.5 Å². The molecule has 4 rings (SSSR count). The van der Waals surface area contributed by atoms with Crippen molar-refractivity contribution >= 4 is 5.91 Å². The second-order valence-electron chi connectivity index (χ2n) is 7.98. The van der Waals surface area contributed by atoms with Gasteiger partial charge in [-0.3, -0.25) is 4.79 Å². The predicted octanol–water partition coefficient (Wildman–Crippen LogP) is 4.71. The van der Waals surface area contributed by atoms with Crippen LogP contribution in [0.4, 0.5) is 0 Å². The Morgan fingerprint density at radius 1 is 1.10 bits per heavy atom. The minimum atomic E-state index is -0.103. The van der Waals surface area contributed by atoms with Crippen LogP contribution in [0.3, 0.4) is 0 Å². The Labute approximate surface area is 182 Å². The maximum absolute atomic E-state index is 12.8. The standard InChI is InChI=1S/C25H28N2O4/c1-18(19-6-4-3-5-7-19)16-20-17-24(31-26-20)25(28)27-14-12-23(13-15-27)30-22-10-8-21(29-2)9-11-22/h3-11,17-18,23H,12-16H2,1-2H3/t18-/m1/s1. The molecule has 0 unspecified atom stereocenters. The first kappa shape index (κ1) is 21.0. The molecule has 1 amide bonds. The van der Waals surface area contributed by atoms with Crippen molar-refractivity contribution in [1.82, 2.24) is 10.1 Å². The third-order valence-corrected chi connectivity index (χ3v) is 5.75. The van der Waals surface area contributed by atoms with Gasteiger partial charge in [0.2, 0.25) is 5.76 Å². The van der Waals surface area contributed by atoms with Crippen molar-refractivity contribution < 1.29 is 18.8 Å². The predicted molar refractivity (Wildman–Crippen MR) is 118 cm³/mol. The van der Waals surface area contributed by atoms with E-state index in [1.807, 2.05) is 47.4 Å². The Balaban J connectivity index is 1.28. The summed E-state index contributed by atoms with van der Waals surface area (Å²) in [5.41, 5.74) is 2.05. The number of rotatable bonds is 7. The van der Waals surface area contributed by atoms with E-state index in [4.69, 9.17) is 14.0 Å². The number of methoxy groups -OCH3 is 1. The number of carbonyl (C=O) groups excluding carboxylic acids is 1. The molecule has 0 N–H and O–H groups in total. The fourth-order valence-corrected chi connectivity index (χ4v) is 3.90. The zero-order valence-corrected chi connectivity index (χ0v) is 18.0. The molecule has 6 nitrogen and oxygen atoms in total. The third kappa shape index (κ3) is 5.26. The molecule has 0 spiro atoms. The number of piperidine rings is 1. The monoisotopic (exact) mass is 420 g/mol. The molecule has 162 valence electrons. The number of amides is 1. The molecule has 1 aliphatic rings. The highest BCUT2D eigenvalue weighted by Gasteiger charge is 2.27. The summed E-state index contributed by atoms with van der Waals surface area (Å²) >= 11 is 0. The first-order valence-electron chi connectivity index (χ1n) is 10.7. The summed E-state index contributed by atoms with van der Waals surface area (Å²) in [6.07, 6.45) is 2.39. The van der Waals surface area contributed by atoms with Gasteiger partial charge in [0.05, 0.1) is 12.8 Å². The van der Waals surface area contributed by atoms with Gasteiger partial charge in [-0.15, -0.1) is 0 Å². The summed E-state index contributed by atoms with van der Waals surface area (Å²) in [4.78, 5) is 14.7. The van der Waals surface area contributed by atoms with Crippen molar-refractivity contribution in [2.24, 2.45) is 0 Å². The smallest absolute Gasteiger partial charge is 0.292 e. The normalized spacial score (nSPS) is 15.5. The summed E-state index contributed by atoms with van der Waals surface area (Å²) in [6.45, 7) is 3.42. The van der Waals surface area contributed by atoms with Gasteiger partial charge < -0.3 is 18.9 Å². The van der Waals surface area contributed by atoms with Gasteiger partial charge in [-0.25, -0.2) is 0 Å². The van der Waals surface area contributed by atoms with Crippen LogP contribution in [-0.2, 0) is 6.42 Å². The van der Waals surface area contributed by atoms with Crippen LogP contribution in [0.2, 0.25) is 0 Å². The molecule has 1 fully saturated rings. The molecule has 1 atom stereocenters. The average Bonchev–Trinajstić information content (AvgIpc) is 3.28. The Hall–Kier alpha value is -3.28. The fraction of sp³-hybridized carbons (Fsp3) is 0.360. The molecule has 1 saturated heterocycles. The summed E-state index contributed by atoms with van der Waals surface area (Å²) in [6, 6.07) is 19.6. The highest BCUT2D eigenvalue weighted by Crippen LogP contribution is 2.24. The molecule has 2 aromatic carbocycles. The zero-order chi connectivity index (χ0) is 21.6. The van der Waals surface area contributed by atoms with Crippen molar-refractivity contribution in [3.63, 3.8) is 0 Å². The lowest BCUT2D eigenvalue weighted by Crippen LogP contribution is -2.41. The number of hydrogen-bond donors (Lipinski definition) is 0. The second kappa shape index (κ2) is 9.69. The fourth-order valence-electron chi connectivity index (χ4n) is 3.90. The van der Waals surface area contributed by atoms with Crippen LogP contribution in [0.15, 0.2) is 65.2 Å². The molecule has 3 aromatic rings. The molecule has 0 bridgehead atoms. The maximum atomic E-state index is 12.8. The van der Waals surface area contributed by atoms with Gasteiger partial charge in [0.25, 0.3) is 5.91 Å². The SMILES string of the molecule is COc1ccc(OC2CCN(C(=O)c3cc(C[C@@H](C)c4ccccc4)no3)CC2)cc1. The Bertz CT molecular complexity index is 976. The van der Waals surface area contributed by atoms with E-state index in [2.05, 4.69) is 24.2 Å². The van der Waals surface area contributed by atoms with Gasteiger partial charge >= 0.3 is 0 Å². The largest absolute Gasteiger partial charge is 0.497 e. The Kier molecular flexibility index (Phi) is 6.55. The van der Waals surface area contributed by atoms with Crippen LogP contribution in [0.5, 0.6) is 11.5 Å². The van der Waals surface area contributed by atoms with Gasteiger partial charge in [0.1, 0.15) is 17.6 Å². The van der Waals surface area contributed by atoms with Crippen molar-refractivity contribution in [2.75, 3.05) is 20.2 Å².